The Morgan fingerprint density at radius 1 is 1.30 bits per heavy atom. The maximum Gasteiger partial charge on any atom is 0.260 e. The van der Waals surface area contributed by atoms with Crippen molar-refractivity contribution in [3.8, 4) is 5.75 Å². The molecule has 1 aliphatic rings. The second-order valence-electron chi connectivity index (χ2n) is 5.35. The highest BCUT2D eigenvalue weighted by molar-refractivity contribution is 5.78. The van der Waals surface area contributed by atoms with E-state index in [4.69, 9.17) is 9.84 Å². The summed E-state index contributed by atoms with van der Waals surface area (Å²) in [5, 5.41) is 9.13. The molecule has 20 heavy (non-hydrogen) atoms. The standard InChI is InChI=1S/C16H23NO3/c1-13-6-8-15(9-7-13)20-12-16(19)17(10-11-18)14-4-2-3-5-14/h6-9,14,18H,2-5,10-12H2,1H3. The molecule has 0 aliphatic heterocycles. The second kappa shape index (κ2) is 7.29. The van der Waals surface area contributed by atoms with Gasteiger partial charge >= 0.3 is 0 Å². The Hall–Kier alpha value is -1.55. The number of carbonyl (C=O) groups is 1. The molecule has 1 aromatic carbocycles. The molecule has 0 saturated heterocycles. The highest BCUT2D eigenvalue weighted by atomic mass is 16.5. The Labute approximate surface area is 120 Å². The molecule has 4 heteroatoms. The molecule has 1 amide bonds. The largest absolute Gasteiger partial charge is 0.484 e. The third kappa shape index (κ3) is 3.97. The van der Waals surface area contributed by atoms with E-state index in [9.17, 15) is 4.79 Å². The maximum atomic E-state index is 12.3. The molecule has 4 nitrogen and oxygen atoms in total. The van der Waals surface area contributed by atoms with Crippen LogP contribution in [0.25, 0.3) is 0 Å². The summed E-state index contributed by atoms with van der Waals surface area (Å²) in [5.41, 5.74) is 1.16. The summed E-state index contributed by atoms with van der Waals surface area (Å²) in [4.78, 5) is 14.0. The van der Waals surface area contributed by atoms with Gasteiger partial charge in [-0.1, -0.05) is 30.5 Å². The van der Waals surface area contributed by atoms with Gasteiger partial charge in [0.1, 0.15) is 5.75 Å². The number of hydrogen-bond acceptors (Lipinski definition) is 3. The Balaban J connectivity index is 1.89. The lowest BCUT2D eigenvalue weighted by atomic mass is 10.2. The van der Waals surface area contributed by atoms with Crippen molar-refractivity contribution in [3.05, 3.63) is 29.8 Å². The van der Waals surface area contributed by atoms with E-state index in [1.54, 1.807) is 4.90 Å². The second-order valence-corrected chi connectivity index (χ2v) is 5.35. The van der Waals surface area contributed by atoms with Crippen LogP contribution < -0.4 is 4.74 Å². The number of aliphatic hydroxyl groups is 1. The number of ether oxygens (including phenoxy) is 1. The van der Waals surface area contributed by atoms with Crippen LogP contribution in [0.1, 0.15) is 31.2 Å². The molecule has 1 aromatic rings. The molecular weight excluding hydrogens is 254 g/mol. The molecule has 0 aromatic heterocycles. The first-order valence-electron chi connectivity index (χ1n) is 7.30. The highest BCUT2D eigenvalue weighted by Gasteiger charge is 2.26. The molecule has 110 valence electrons. The molecule has 0 bridgehead atoms. The first kappa shape index (κ1) is 14.9. The summed E-state index contributed by atoms with van der Waals surface area (Å²) in [6, 6.07) is 7.93. The zero-order valence-electron chi connectivity index (χ0n) is 12.0. The Morgan fingerprint density at radius 3 is 2.55 bits per heavy atom. The summed E-state index contributed by atoms with van der Waals surface area (Å²) in [6.07, 6.45) is 4.41. The predicted molar refractivity (Wildman–Crippen MR) is 77.7 cm³/mol. The molecule has 0 spiro atoms. The van der Waals surface area contributed by atoms with Gasteiger partial charge in [-0.2, -0.15) is 0 Å². The normalized spacial score (nSPS) is 15.3. The number of aliphatic hydroxyl groups excluding tert-OH is 1. The van der Waals surface area contributed by atoms with E-state index in [1.165, 1.54) is 12.8 Å². The lowest BCUT2D eigenvalue weighted by Gasteiger charge is -2.28. The van der Waals surface area contributed by atoms with Crippen LogP contribution in [0.4, 0.5) is 0 Å². The number of aryl methyl sites for hydroxylation is 1. The van der Waals surface area contributed by atoms with Gasteiger partial charge in [-0.15, -0.1) is 0 Å². The van der Waals surface area contributed by atoms with Gasteiger partial charge in [0.15, 0.2) is 6.61 Å². The molecular formula is C16H23NO3. The zero-order chi connectivity index (χ0) is 14.4. The van der Waals surface area contributed by atoms with E-state index in [1.807, 2.05) is 31.2 Å². The predicted octanol–water partition coefficient (Wildman–Crippen LogP) is 2.14. The summed E-state index contributed by atoms with van der Waals surface area (Å²) >= 11 is 0. The molecule has 0 atom stereocenters. The van der Waals surface area contributed by atoms with Crippen LogP contribution in [0.5, 0.6) is 5.75 Å². The Kier molecular flexibility index (Phi) is 5.41. The smallest absolute Gasteiger partial charge is 0.260 e. The number of hydrogen-bond donors (Lipinski definition) is 1. The number of amides is 1. The van der Waals surface area contributed by atoms with Gasteiger partial charge in [0.2, 0.25) is 0 Å². The number of benzene rings is 1. The van der Waals surface area contributed by atoms with Crippen LogP contribution in [0.2, 0.25) is 0 Å². The monoisotopic (exact) mass is 277 g/mol. The van der Waals surface area contributed by atoms with Crippen molar-refractivity contribution < 1.29 is 14.6 Å². The topological polar surface area (TPSA) is 49.8 Å². The van der Waals surface area contributed by atoms with E-state index < -0.39 is 0 Å². The van der Waals surface area contributed by atoms with Gasteiger partial charge in [-0.3, -0.25) is 4.79 Å². The lowest BCUT2D eigenvalue weighted by molar-refractivity contribution is -0.136. The average molecular weight is 277 g/mol. The fourth-order valence-corrected chi connectivity index (χ4v) is 2.70. The van der Waals surface area contributed by atoms with Gasteiger partial charge < -0.3 is 14.7 Å². The highest BCUT2D eigenvalue weighted by Crippen LogP contribution is 2.23. The van der Waals surface area contributed by atoms with E-state index in [2.05, 4.69) is 0 Å². The Morgan fingerprint density at radius 2 is 1.95 bits per heavy atom. The SMILES string of the molecule is Cc1ccc(OCC(=O)N(CCO)C2CCCC2)cc1. The number of carbonyl (C=O) groups excluding carboxylic acids is 1. The molecule has 1 N–H and O–H groups in total. The van der Waals surface area contributed by atoms with Crippen LogP contribution >= 0.6 is 0 Å². The number of nitrogens with zero attached hydrogens (tertiary/aromatic N) is 1. The van der Waals surface area contributed by atoms with E-state index in [0.717, 1.165) is 18.4 Å². The number of rotatable bonds is 6. The minimum atomic E-state index is -0.0356. The molecule has 1 saturated carbocycles. The van der Waals surface area contributed by atoms with Gasteiger partial charge in [0.25, 0.3) is 5.91 Å². The molecule has 0 radical (unpaired) electrons. The molecule has 2 rings (SSSR count). The van der Waals surface area contributed by atoms with Gasteiger partial charge in [0.05, 0.1) is 6.61 Å². The van der Waals surface area contributed by atoms with Crippen molar-refractivity contribution in [1.29, 1.82) is 0 Å². The summed E-state index contributed by atoms with van der Waals surface area (Å²) in [5.74, 6) is 0.672. The van der Waals surface area contributed by atoms with Crippen molar-refractivity contribution in [1.82, 2.24) is 4.90 Å². The van der Waals surface area contributed by atoms with Crippen molar-refractivity contribution in [2.24, 2.45) is 0 Å². The zero-order valence-corrected chi connectivity index (χ0v) is 12.0. The van der Waals surface area contributed by atoms with Crippen molar-refractivity contribution in [3.63, 3.8) is 0 Å². The van der Waals surface area contributed by atoms with Crippen molar-refractivity contribution >= 4 is 5.91 Å². The van der Waals surface area contributed by atoms with Crippen molar-refractivity contribution in [2.45, 2.75) is 38.6 Å². The lowest BCUT2D eigenvalue weighted by Crippen LogP contribution is -2.43. The first-order valence-corrected chi connectivity index (χ1v) is 7.30. The van der Waals surface area contributed by atoms with E-state index in [-0.39, 0.29) is 25.2 Å². The van der Waals surface area contributed by atoms with Crippen LogP contribution in [0.3, 0.4) is 0 Å². The van der Waals surface area contributed by atoms with Crippen LogP contribution in [0.15, 0.2) is 24.3 Å². The van der Waals surface area contributed by atoms with E-state index >= 15 is 0 Å². The summed E-state index contributed by atoms with van der Waals surface area (Å²) < 4.78 is 5.54. The van der Waals surface area contributed by atoms with Gasteiger partial charge in [-0.25, -0.2) is 0 Å². The summed E-state index contributed by atoms with van der Waals surface area (Å²) in [6.45, 7) is 2.46. The average Bonchev–Trinajstić information content (AvgIpc) is 2.97. The van der Waals surface area contributed by atoms with Crippen LogP contribution in [0, 0.1) is 6.92 Å². The molecule has 0 heterocycles. The van der Waals surface area contributed by atoms with E-state index in [0.29, 0.717) is 12.3 Å². The van der Waals surface area contributed by atoms with Crippen molar-refractivity contribution in [2.75, 3.05) is 19.8 Å². The fraction of sp³-hybridized carbons (Fsp3) is 0.562. The fourth-order valence-electron chi connectivity index (χ4n) is 2.70. The van der Waals surface area contributed by atoms with Gasteiger partial charge in [-0.05, 0) is 31.9 Å². The summed E-state index contributed by atoms with van der Waals surface area (Å²) in [7, 11) is 0. The third-order valence-corrected chi connectivity index (χ3v) is 3.81. The maximum absolute atomic E-state index is 12.3. The Bertz CT molecular complexity index is 424. The van der Waals surface area contributed by atoms with Crippen LogP contribution in [-0.2, 0) is 4.79 Å². The quantitative estimate of drug-likeness (QED) is 0.866. The third-order valence-electron chi connectivity index (χ3n) is 3.81. The first-order chi connectivity index (χ1) is 9.70. The molecule has 1 aliphatic carbocycles. The van der Waals surface area contributed by atoms with Gasteiger partial charge in [0, 0.05) is 12.6 Å². The minimum Gasteiger partial charge on any atom is -0.484 e. The molecule has 1 fully saturated rings. The van der Waals surface area contributed by atoms with Crippen LogP contribution in [-0.4, -0.2) is 41.7 Å². The minimum absolute atomic E-state index is 0.00672. The molecule has 0 unspecified atom stereocenters.